The van der Waals surface area contributed by atoms with E-state index in [2.05, 4.69) is 12.2 Å². The third-order valence-corrected chi connectivity index (χ3v) is 2.39. The lowest BCUT2D eigenvalue weighted by atomic mass is 10.1. The zero-order chi connectivity index (χ0) is 11.3. The highest BCUT2D eigenvalue weighted by molar-refractivity contribution is 5.80. The number of carbonyl (C=O) groups excluding carboxylic acids is 2. The van der Waals surface area contributed by atoms with Crippen LogP contribution in [0.4, 0.5) is 4.79 Å². The van der Waals surface area contributed by atoms with Crippen molar-refractivity contribution in [3.05, 3.63) is 6.92 Å². The quantitative estimate of drug-likeness (QED) is 0.729. The lowest BCUT2D eigenvalue weighted by Gasteiger charge is -2.31. The highest BCUT2D eigenvalue weighted by Crippen LogP contribution is 2.11. The number of nitrogens with one attached hydrogen (secondary N) is 1. The van der Waals surface area contributed by atoms with Crippen molar-refractivity contribution in [3.8, 4) is 0 Å². The molecule has 85 valence electrons. The molecule has 15 heavy (non-hydrogen) atoms. The van der Waals surface area contributed by atoms with E-state index in [0.717, 1.165) is 12.8 Å². The molecule has 5 heteroatoms. The van der Waals surface area contributed by atoms with Crippen LogP contribution in [0.2, 0.25) is 0 Å². The number of hydrogen-bond acceptors (Lipinski definition) is 3. The summed E-state index contributed by atoms with van der Waals surface area (Å²) in [5, 5.41) is 2.74. The molecule has 1 aliphatic rings. The van der Waals surface area contributed by atoms with Crippen molar-refractivity contribution in [2.75, 3.05) is 19.7 Å². The van der Waals surface area contributed by atoms with Crippen molar-refractivity contribution >= 4 is 12.0 Å². The molecule has 0 aliphatic carbocycles. The number of piperidine rings is 1. The van der Waals surface area contributed by atoms with Gasteiger partial charge in [0.2, 0.25) is 5.91 Å². The lowest BCUT2D eigenvalue weighted by molar-refractivity contribution is -0.117. The number of likely N-dealkylation sites (tertiary alicyclic amines) is 1. The topological polar surface area (TPSA) is 58.6 Å². The third kappa shape index (κ3) is 3.77. The number of ether oxygens (including phenoxy) is 1. The van der Waals surface area contributed by atoms with Gasteiger partial charge in [-0.15, -0.1) is 0 Å². The van der Waals surface area contributed by atoms with Crippen molar-refractivity contribution < 1.29 is 14.3 Å². The van der Waals surface area contributed by atoms with E-state index in [1.54, 1.807) is 11.8 Å². The highest BCUT2D eigenvalue weighted by Gasteiger charge is 2.23. The number of hydrogen-bond donors (Lipinski definition) is 1. The fraction of sp³-hybridized carbons (Fsp3) is 0.700. The Hall–Kier alpha value is -1.26. The van der Waals surface area contributed by atoms with Gasteiger partial charge < -0.3 is 15.0 Å². The lowest BCUT2D eigenvalue weighted by Crippen LogP contribution is -2.46. The van der Waals surface area contributed by atoms with E-state index in [4.69, 9.17) is 4.74 Å². The number of nitrogens with zero attached hydrogens (tertiary/aromatic N) is 1. The van der Waals surface area contributed by atoms with Crippen LogP contribution in [0, 0.1) is 6.92 Å². The molecule has 0 spiro atoms. The summed E-state index contributed by atoms with van der Waals surface area (Å²) in [5.74, 6) is -0.260. The minimum atomic E-state index is -0.267. The van der Waals surface area contributed by atoms with Crippen molar-refractivity contribution in [3.63, 3.8) is 0 Å². The van der Waals surface area contributed by atoms with E-state index in [0.29, 0.717) is 19.7 Å². The van der Waals surface area contributed by atoms with E-state index in [1.807, 2.05) is 0 Å². The number of amides is 2. The zero-order valence-electron chi connectivity index (χ0n) is 8.99. The smallest absolute Gasteiger partial charge is 0.409 e. The molecule has 1 aliphatic heterocycles. The van der Waals surface area contributed by atoms with E-state index in [-0.39, 0.29) is 18.0 Å². The van der Waals surface area contributed by atoms with Crippen LogP contribution >= 0.6 is 0 Å². The monoisotopic (exact) mass is 213 g/mol. The molecule has 5 nitrogen and oxygen atoms in total. The van der Waals surface area contributed by atoms with Crippen molar-refractivity contribution in [1.29, 1.82) is 0 Å². The SMILES string of the molecule is [CH2]C(=O)NC1CCN(C(=O)OCC)CC1. The fourth-order valence-electron chi connectivity index (χ4n) is 1.65. The Morgan fingerprint density at radius 2 is 2.07 bits per heavy atom. The maximum atomic E-state index is 11.3. The normalized spacial score (nSPS) is 17.3. The molecular formula is C10H17N2O3. The zero-order valence-corrected chi connectivity index (χ0v) is 8.99. The van der Waals surface area contributed by atoms with Crippen molar-refractivity contribution in [2.45, 2.75) is 25.8 Å². The first-order valence-electron chi connectivity index (χ1n) is 5.17. The van der Waals surface area contributed by atoms with Gasteiger partial charge in [-0.2, -0.15) is 0 Å². The standard InChI is InChI=1S/C10H17N2O3/c1-3-15-10(14)12-6-4-9(5-7-12)11-8(2)13/h9H,2-7H2,1H3,(H,11,13). The number of carbonyl (C=O) groups is 2. The largest absolute Gasteiger partial charge is 0.450 e. The second-order valence-corrected chi connectivity index (χ2v) is 3.53. The molecule has 1 N–H and O–H groups in total. The van der Waals surface area contributed by atoms with E-state index >= 15 is 0 Å². The van der Waals surface area contributed by atoms with Crippen LogP contribution in [-0.4, -0.2) is 42.6 Å². The maximum absolute atomic E-state index is 11.3. The van der Waals surface area contributed by atoms with Crippen LogP contribution in [0.15, 0.2) is 0 Å². The molecule has 0 aromatic heterocycles. The first-order valence-corrected chi connectivity index (χ1v) is 5.17. The van der Waals surface area contributed by atoms with Gasteiger partial charge in [0.05, 0.1) is 6.61 Å². The predicted molar refractivity (Wildman–Crippen MR) is 55.1 cm³/mol. The molecule has 0 unspecified atom stereocenters. The third-order valence-electron chi connectivity index (χ3n) is 2.39. The van der Waals surface area contributed by atoms with Gasteiger partial charge in [-0.05, 0) is 19.8 Å². The maximum Gasteiger partial charge on any atom is 0.409 e. The van der Waals surface area contributed by atoms with Crippen LogP contribution < -0.4 is 5.32 Å². The summed E-state index contributed by atoms with van der Waals surface area (Å²) < 4.78 is 4.88. The molecule has 1 heterocycles. The summed E-state index contributed by atoms with van der Waals surface area (Å²) in [6.07, 6.45) is 1.26. The Morgan fingerprint density at radius 3 is 2.53 bits per heavy atom. The summed E-state index contributed by atoms with van der Waals surface area (Å²) in [6, 6.07) is 0.140. The first-order chi connectivity index (χ1) is 7.13. The van der Waals surface area contributed by atoms with Gasteiger partial charge in [-0.1, -0.05) is 0 Å². The molecule has 0 aromatic rings. The molecule has 0 bridgehead atoms. The summed E-state index contributed by atoms with van der Waals surface area (Å²) in [6.45, 7) is 6.70. The van der Waals surface area contributed by atoms with Gasteiger partial charge in [0.25, 0.3) is 0 Å². The average molecular weight is 213 g/mol. The minimum absolute atomic E-state index is 0.140. The summed E-state index contributed by atoms with van der Waals surface area (Å²) >= 11 is 0. The van der Waals surface area contributed by atoms with E-state index in [1.165, 1.54) is 0 Å². The van der Waals surface area contributed by atoms with Crippen LogP contribution in [0.3, 0.4) is 0 Å². The van der Waals surface area contributed by atoms with Gasteiger partial charge >= 0.3 is 6.09 Å². The van der Waals surface area contributed by atoms with Gasteiger partial charge in [-0.25, -0.2) is 4.79 Å². The van der Waals surface area contributed by atoms with Crippen LogP contribution in [0.5, 0.6) is 0 Å². The molecule has 1 fully saturated rings. The molecular weight excluding hydrogens is 196 g/mol. The Labute approximate surface area is 89.8 Å². The van der Waals surface area contributed by atoms with Gasteiger partial charge in [0.1, 0.15) is 0 Å². The Morgan fingerprint density at radius 1 is 1.47 bits per heavy atom. The molecule has 2 amide bonds. The number of rotatable bonds is 2. The molecule has 1 rings (SSSR count). The fourth-order valence-corrected chi connectivity index (χ4v) is 1.65. The molecule has 0 saturated carbocycles. The van der Waals surface area contributed by atoms with Gasteiger partial charge in [-0.3, -0.25) is 4.79 Å². The van der Waals surface area contributed by atoms with Crippen LogP contribution in [0.1, 0.15) is 19.8 Å². The van der Waals surface area contributed by atoms with Crippen LogP contribution in [0.25, 0.3) is 0 Å². The molecule has 0 atom stereocenters. The first kappa shape index (κ1) is 11.8. The minimum Gasteiger partial charge on any atom is -0.450 e. The Kier molecular flexibility index (Phi) is 4.39. The van der Waals surface area contributed by atoms with Crippen molar-refractivity contribution in [1.82, 2.24) is 10.2 Å². The summed E-state index contributed by atoms with van der Waals surface area (Å²) in [7, 11) is 0. The average Bonchev–Trinajstić information content (AvgIpc) is 2.18. The summed E-state index contributed by atoms with van der Waals surface area (Å²) in [5.41, 5.74) is 0. The predicted octanol–water partition coefficient (Wildman–Crippen LogP) is 0.558. The molecule has 1 radical (unpaired) electrons. The second kappa shape index (κ2) is 5.58. The Bertz CT molecular complexity index is 235. The van der Waals surface area contributed by atoms with E-state index in [9.17, 15) is 9.59 Å². The van der Waals surface area contributed by atoms with Gasteiger partial charge in [0, 0.05) is 26.1 Å². The summed E-state index contributed by atoms with van der Waals surface area (Å²) in [4.78, 5) is 23.7. The second-order valence-electron chi connectivity index (χ2n) is 3.53. The van der Waals surface area contributed by atoms with Crippen molar-refractivity contribution in [2.24, 2.45) is 0 Å². The molecule has 1 saturated heterocycles. The van der Waals surface area contributed by atoms with E-state index < -0.39 is 0 Å². The van der Waals surface area contributed by atoms with Crippen LogP contribution in [-0.2, 0) is 9.53 Å². The highest BCUT2D eigenvalue weighted by atomic mass is 16.6. The Balaban J connectivity index is 2.29. The molecule has 0 aromatic carbocycles. The van der Waals surface area contributed by atoms with Gasteiger partial charge in [0.15, 0.2) is 0 Å².